The lowest BCUT2D eigenvalue weighted by Crippen LogP contribution is -2.63. The highest BCUT2D eigenvalue weighted by atomic mass is 16.5. The predicted octanol–water partition coefficient (Wildman–Crippen LogP) is -2.50. The Labute approximate surface area is 533 Å². The van der Waals surface area contributed by atoms with Crippen molar-refractivity contribution in [3.05, 3.63) is 35.9 Å². The number of aliphatic hydroxyl groups excluding tert-OH is 2. The van der Waals surface area contributed by atoms with E-state index in [0.717, 1.165) is 5.56 Å². The number of likely N-dealkylation sites (N-methyl/N-ethyl adjacent to an activating group) is 1. The highest BCUT2D eigenvalue weighted by Gasteiger charge is 2.41. The van der Waals surface area contributed by atoms with Crippen molar-refractivity contribution >= 4 is 76.9 Å². The lowest BCUT2D eigenvalue weighted by Gasteiger charge is -2.31. The van der Waals surface area contributed by atoms with Crippen LogP contribution in [0.3, 0.4) is 0 Å². The second-order valence-electron chi connectivity index (χ2n) is 23.4. The van der Waals surface area contributed by atoms with Gasteiger partial charge in [-0.15, -0.1) is 0 Å². The second kappa shape index (κ2) is 40.7. The van der Waals surface area contributed by atoms with E-state index in [1.165, 1.54) is 6.92 Å². The molecule has 1 aromatic carbocycles. The molecule has 2 rings (SSSR count). The van der Waals surface area contributed by atoms with E-state index in [9.17, 15) is 67.7 Å². The summed E-state index contributed by atoms with van der Waals surface area (Å²) in [5, 5.41) is 59.9. The Morgan fingerprint density at radius 1 is 0.593 bits per heavy atom. The van der Waals surface area contributed by atoms with Gasteiger partial charge in [-0.2, -0.15) is 0 Å². The summed E-state index contributed by atoms with van der Waals surface area (Å²) in [5.74, 6) is -13.5. The third kappa shape index (κ3) is 26.0. The summed E-state index contributed by atoms with van der Waals surface area (Å²) in [6.45, 7) is 14.7. The molecule has 30 heteroatoms. The van der Waals surface area contributed by atoms with Gasteiger partial charge in [-0.1, -0.05) is 125 Å². The molecule has 0 bridgehead atoms. The number of nitrogens with one attached hydrogen (secondary N) is 13. The number of amides is 11. The Balaban J connectivity index is 2.46. The second-order valence-corrected chi connectivity index (χ2v) is 23.4. The zero-order valence-corrected chi connectivity index (χ0v) is 54.6. The maximum absolute atomic E-state index is 14.5. The van der Waals surface area contributed by atoms with Crippen molar-refractivity contribution < 1.29 is 72.5 Å². The van der Waals surface area contributed by atoms with E-state index in [1.54, 1.807) is 69.4 Å². The molecule has 0 aliphatic carbocycles. The van der Waals surface area contributed by atoms with Gasteiger partial charge in [0.15, 0.2) is 5.96 Å². The molecule has 512 valence electrons. The standard InChI is InChI=1S/C61H103N15O15/c1-12-21-39-52(82)75-48(35(9)16-5)60(90)91-36(10)49(59(89)69-40(51(81)67-39)24-20-29-66-61(63)64)76-55(85)43(31-78)71-57(87)46(33(7)14-3)74-58(88)47(34(8)15-4)73-53(83)41(27-28-44(62)79)68-54(84)42(30-77)70-56(86)45(32(6)13-2)72-50(80)38(65-11)26-25-37-22-18-17-19-23-37/h17-19,22-23,32-36,38-43,45-49,65,77-78H,12-16,20-21,24-31H2,1-11H3,(H2,62,79)(H,67,81)(H,68,84)(H,69,89)(H,70,86)(H,71,87)(H,72,80)(H,73,83)(H,74,88)(H,75,82)(H,76,85)(H4,63,64,66)/t32-,33-,34+,35-,36-,38+,39-,40-,41+,42-,43-,45-,46-,47+,48-,49+/m0/s1. The van der Waals surface area contributed by atoms with Crippen LogP contribution >= 0.6 is 0 Å². The summed E-state index contributed by atoms with van der Waals surface area (Å²) < 4.78 is 5.77. The smallest absolute Gasteiger partial charge is 0.329 e. The lowest BCUT2D eigenvalue weighted by molar-refractivity contribution is -0.157. The van der Waals surface area contributed by atoms with Gasteiger partial charge in [0.1, 0.15) is 66.5 Å². The van der Waals surface area contributed by atoms with Gasteiger partial charge >= 0.3 is 5.97 Å². The van der Waals surface area contributed by atoms with Crippen molar-refractivity contribution in [3.63, 3.8) is 0 Å². The van der Waals surface area contributed by atoms with E-state index in [2.05, 4.69) is 63.8 Å². The maximum atomic E-state index is 14.5. The molecule has 1 aromatic rings. The van der Waals surface area contributed by atoms with Crippen molar-refractivity contribution in [1.29, 1.82) is 5.41 Å². The van der Waals surface area contributed by atoms with E-state index in [4.69, 9.17) is 21.6 Å². The number of carbonyl (C=O) groups is 12. The van der Waals surface area contributed by atoms with Crippen LogP contribution < -0.4 is 75.3 Å². The van der Waals surface area contributed by atoms with Crippen molar-refractivity contribution in [2.45, 2.75) is 219 Å². The average Bonchev–Trinajstić information content (AvgIpc) is 2.04. The normalized spacial score (nSPS) is 20.7. The van der Waals surface area contributed by atoms with Crippen LogP contribution in [0.15, 0.2) is 30.3 Å². The van der Waals surface area contributed by atoms with Crippen LogP contribution in [0.4, 0.5) is 0 Å². The lowest BCUT2D eigenvalue weighted by atomic mass is 9.94. The Hall–Kier alpha value is -7.99. The first-order valence-electron chi connectivity index (χ1n) is 31.6. The molecular formula is C61H103N15O15. The van der Waals surface area contributed by atoms with Crippen molar-refractivity contribution in [1.82, 2.24) is 63.8 Å². The first kappa shape index (κ1) is 79.1. The number of guanidine groups is 1. The third-order valence-corrected chi connectivity index (χ3v) is 16.5. The van der Waals surface area contributed by atoms with Crippen molar-refractivity contribution in [2.75, 3.05) is 26.8 Å². The Morgan fingerprint density at radius 3 is 1.54 bits per heavy atom. The van der Waals surface area contributed by atoms with Gasteiger partial charge in [0.05, 0.1) is 19.3 Å². The molecule has 1 aliphatic heterocycles. The van der Waals surface area contributed by atoms with Crippen molar-refractivity contribution in [2.24, 2.45) is 35.1 Å². The maximum Gasteiger partial charge on any atom is 0.329 e. The average molecular weight is 1290 g/mol. The van der Waals surface area contributed by atoms with Crippen molar-refractivity contribution in [3.8, 4) is 0 Å². The fourth-order valence-electron chi connectivity index (χ4n) is 9.74. The number of aryl methyl sites for hydroxylation is 1. The third-order valence-electron chi connectivity index (χ3n) is 16.5. The Bertz CT molecular complexity index is 2600. The molecule has 1 heterocycles. The molecule has 16 atom stereocenters. The molecule has 0 saturated carbocycles. The number of ether oxygens (including phenoxy) is 1. The molecule has 11 amide bonds. The largest absolute Gasteiger partial charge is 0.458 e. The molecule has 0 spiro atoms. The molecule has 91 heavy (non-hydrogen) atoms. The van der Waals surface area contributed by atoms with Gasteiger partial charge in [0, 0.05) is 13.0 Å². The van der Waals surface area contributed by atoms with Gasteiger partial charge in [-0.25, -0.2) is 4.79 Å². The van der Waals surface area contributed by atoms with E-state index < -0.39 is 193 Å². The number of esters is 1. The van der Waals surface area contributed by atoms with Crippen LogP contribution in [0.2, 0.25) is 0 Å². The summed E-state index contributed by atoms with van der Waals surface area (Å²) in [4.78, 5) is 167. The van der Waals surface area contributed by atoms with Gasteiger partial charge in [0.2, 0.25) is 65.0 Å². The number of benzene rings is 1. The fourth-order valence-corrected chi connectivity index (χ4v) is 9.74. The molecular weight excluding hydrogens is 1180 g/mol. The first-order chi connectivity index (χ1) is 43.1. The molecule has 1 aliphatic rings. The van der Waals surface area contributed by atoms with Crippen LogP contribution in [-0.4, -0.2) is 186 Å². The number of aliphatic hydroxyl groups is 2. The molecule has 0 unspecified atom stereocenters. The quantitative estimate of drug-likeness (QED) is 0.0142. The molecule has 0 radical (unpaired) electrons. The van der Waals surface area contributed by atoms with E-state index >= 15 is 0 Å². The monoisotopic (exact) mass is 1290 g/mol. The summed E-state index contributed by atoms with van der Waals surface area (Å²) >= 11 is 0. The zero-order valence-electron chi connectivity index (χ0n) is 54.6. The van der Waals surface area contributed by atoms with Gasteiger partial charge < -0.3 is 90.2 Å². The first-order valence-corrected chi connectivity index (χ1v) is 31.6. The highest BCUT2D eigenvalue weighted by molar-refractivity contribution is 5.99. The highest BCUT2D eigenvalue weighted by Crippen LogP contribution is 2.18. The van der Waals surface area contributed by atoms with Gasteiger partial charge in [0.25, 0.3) is 0 Å². The molecule has 1 saturated heterocycles. The summed E-state index contributed by atoms with van der Waals surface area (Å²) in [5.41, 5.74) is 11.9. The number of hydrogen-bond acceptors (Lipinski definition) is 17. The summed E-state index contributed by atoms with van der Waals surface area (Å²) in [7, 11) is 1.61. The van der Waals surface area contributed by atoms with E-state index in [1.807, 2.05) is 30.3 Å². The topological polar surface area (TPSA) is 475 Å². The fraction of sp³-hybridized carbons (Fsp3) is 0.689. The van der Waals surface area contributed by atoms with Crippen LogP contribution in [0.25, 0.3) is 0 Å². The van der Waals surface area contributed by atoms with Crippen LogP contribution in [0, 0.1) is 29.1 Å². The van der Waals surface area contributed by atoms with E-state index in [-0.39, 0.29) is 44.6 Å². The predicted molar refractivity (Wildman–Crippen MR) is 337 cm³/mol. The molecule has 1 fully saturated rings. The Kier molecular flexibility index (Phi) is 35.4. The Morgan fingerprint density at radius 2 is 1.05 bits per heavy atom. The number of nitrogens with two attached hydrogens (primary N) is 2. The minimum absolute atomic E-state index is 0.0706. The number of primary amides is 1. The summed E-state index contributed by atoms with van der Waals surface area (Å²) in [6.07, 6.45) is 0.577. The number of hydrogen-bond donors (Lipinski definition) is 17. The number of cyclic esters (lactones) is 1. The number of rotatable bonds is 37. The molecule has 0 aromatic heterocycles. The van der Waals surface area contributed by atoms with Crippen LogP contribution in [0.5, 0.6) is 0 Å². The summed E-state index contributed by atoms with van der Waals surface area (Å²) in [6, 6.07) is -5.99. The van der Waals surface area contributed by atoms with E-state index in [0.29, 0.717) is 32.1 Å². The minimum atomic E-state index is -1.84. The van der Waals surface area contributed by atoms with Crippen LogP contribution in [-0.2, 0) is 68.7 Å². The molecule has 19 N–H and O–H groups in total. The van der Waals surface area contributed by atoms with Gasteiger partial charge in [-0.3, -0.25) is 58.1 Å². The number of carbonyl (C=O) groups excluding carboxylic acids is 12. The van der Waals surface area contributed by atoms with Crippen LogP contribution in [0.1, 0.15) is 145 Å². The molecule has 30 nitrogen and oxygen atoms in total. The minimum Gasteiger partial charge on any atom is -0.458 e. The SMILES string of the molecule is CCC[C@@H]1NC(=O)[C@H](CCCNC(=N)N)NC(=O)[C@H](NC(=O)[C@H](CO)NC(=O)[C@@H](NC(=O)[C@H](NC(=O)[C@@H](CCC(N)=O)NC(=O)[C@H](CO)NC(=O)[C@@H](NC(=O)[C@@H](CCc2ccccc2)NC)[C@@H](C)CC)[C@H](C)CC)[C@@H](C)CC)[C@H](C)OC(=O)[C@H]([C@@H](C)CC)NC1=O. The van der Waals surface area contributed by atoms with Gasteiger partial charge in [-0.05, 0) is 81.7 Å². The zero-order chi connectivity index (χ0) is 68.7.